The standard InChI is InChI=1S/C17H20N2O4S2/c1-13-12-19(8-9-23-13)25(21,22)16-6-4-14(5-7-16)18-17(20)11-15-3-2-10-24-15/h2-7,10,13H,8-9,11-12H2,1H3,(H,18,20). The summed E-state index contributed by atoms with van der Waals surface area (Å²) >= 11 is 1.53. The topological polar surface area (TPSA) is 75.7 Å². The van der Waals surface area contributed by atoms with Gasteiger partial charge >= 0.3 is 0 Å². The third kappa shape index (κ3) is 4.46. The predicted octanol–water partition coefficient (Wildman–Crippen LogP) is 2.34. The third-order valence-corrected chi connectivity index (χ3v) is 6.65. The van der Waals surface area contributed by atoms with Gasteiger partial charge in [0.2, 0.25) is 15.9 Å². The molecule has 1 aliphatic rings. The second-order valence-corrected chi connectivity index (χ2v) is 8.84. The summed E-state index contributed by atoms with van der Waals surface area (Å²) in [7, 11) is -3.54. The highest BCUT2D eigenvalue weighted by Gasteiger charge is 2.28. The van der Waals surface area contributed by atoms with E-state index < -0.39 is 10.0 Å². The zero-order chi connectivity index (χ0) is 17.9. The molecule has 1 unspecified atom stereocenters. The van der Waals surface area contributed by atoms with E-state index in [2.05, 4.69) is 5.32 Å². The van der Waals surface area contributed by atoms with E-state index in [4.69, 9.17) is 4.74 Å². The van der Waals surface area contributed by atoms with E-state index in [-0.39, 0.29) is 16.9 Å². The molecule has 3 rings (SSSR count). The molecule has 1 aromatic heterocycles. The second kappa shape index (κ2) is 7.65. The number of nitrogens with zero attached hydrogens (tertiary/aromatic N) is 1. The number of ether oxygens (including phenoxy) is 1. The highest BCUT2D eigenvalue weighted by molar-refractivity contribution is 7.89. The van der Waals surface area contributed by atoms with Gasteiger partial charge in [0.25, 0.3) is 0 Å². The molecule has 0 radical (unpaired) electrons. The molecule has 2 aromatic rings. The van der Waals surface area contributed by atoms with E-state index in [1.165, 1.54) is 27.8 Å². The number of amides is 1. The lowest BCUT2D eigenvalue weighted by Crippen LogP contribution is -2.44. The van der Waals surface area contributed by atoms with Crippen molar-refractivity contribution in [2.45, 2.75) is 24.3 Å². The number of rotatable bonds is 5. The number of benzene rings is 1. The summed E-state index contributed by atoms with van der Waals surface area (Å²) in [5.41, 5.74) is 0.579. The second-order valence-electron chi connectivity index (χ2n) is 5.87. The van der Waals surface area contributed by atoms with Crippen LogP contribution < -0.4 is 5.32 Å². The molecule has 1 fully saturated rings. The number of carbonyl (C=O) groups is 1. The first-order chi connectivity index (χ1) is 11.9. The minimum absolute atomic E-state index is 0.112. The van der Waals surface area contributed by atoms with Crippen molar-refractivity contribution in [2.75, 3.05) is 25.0 Å². The van der Waals surface area contributed by atoms with Crippen LogP contribution in [0.25, 0.3) is 0 Å². The molecule has 1 aromatic carbocycles. The highest BCUT2D eigenvalue weighted by Crippen LogP contribution is 2.21. The molecule has 134 valence electrons. The Bertz CT molecular complexity index is 817. The predicted molar refractivity (Wildman–Crippen MR) is 97.3 cm³/mol. The lowest BCUT2D eigenvalue weighted by atomic mass is 10.3. The van der Waals surface area contributed by atoms with Gasteiger partial charge in [0.15, 0.2) is 0 Å². The van der Waals surface area contributed by atoms with Crippen LogP contribution in [0, 0.1) is 0 Å². The van der Waals surface area contributed by atoms with E-state index in [1.807, 2.05) is 24.4 Å². The van der Waals surface area contributed by atoms with Gasteiger partial charge in [-0.3, -0.25) is 4.79 Å². The van der Waals surface area contributed by atoms with Crippen molar-refractivity contribution >= 4 is 33.0 Å². The Hall–Kier alpha value is -1.74. The van der Waals surface area contributed by atoms with E-state index in [1.54, 1.807) is 12.1 Å². The Kier molecular flexibility index (Phi) is 5.53. The normalized spacial score (nSPS) is 18.8. The number of hydrogen-bond donors (Lipinski definition) is 1. The fourth-order valence-electron chi connectivity index (χ4n) is 2.64. The molecule has 1 atom stereocenters. The van der Waals surface area contributed by atoms with Crippen molar-refractivity contribution in [3.8, 4) is 0 Å². The van der Waals surface area contributed by atoms with Crippen LogP contribution in [0.4, 0.5) is 5.69 Å². The molecule has 8 heteroatoms. The minimum atomic E-state index is -3.54. The van der Waals surface area contributed by atoms with Gasteiger partial charge in [-0.05, 0) is 42.6 Å². The number of nitrogens with one attached hydrogen (secondary N) is 1. The molecule has 1 aliphatic heterocycles. The molecule has 1 N–H and O–H groups in total. The van der Waals surface area contributed by atoms with Gasteiger partial charge in [0.1, 0.15) is 0 Å². The van der Waals surface area contributed by atoms with Crippen LogP contribution in [0.5, 0.6) is 0 Å². The summed E-state index contributed by atoms with van der Waals surface area (Å²) in [6.45, 7) is 2.96. The van der Waals surface area contributed by atoms with Crippen molar-refractivity contribution < 1.29 is 17.9 Å². The molecule has 25 heavy (non-hydrogen) atoms. The van der Waals surface area contributed by atoms with E-state index in [0.29, 0.717) is 31.8 Å². The summed E-state index contributed by atoms with van der Waals surface area (Å²) < 4.78 is 32.2. The van der Waals surface area contributed by atoms with Crippen LogP contribution >= 0.6 is 11.3 Å². The third-order valence-electron chi connectivity index (χ3n) is 3.89. The van der Waals surface area contributed by atoms with Crippen LogP contribution in [0.15, 0.2) is 46.7 Å². The summed E-state index contributed by atoms with van der Waals surface area (Å²) in [5.74, 6) is -0.125. The zero-order valence-corrected chi connectivity index (χ0v) is 15.5. The van der Waals surface area contributed by atoms with Gasteiger partial charge in [0, 0.05) is 23.7 Å². The smallest absolute Gasteiger partial charge is 0.243 e. The molecule has 6 nitrogen and oxygen atoms in total. The van der Waals surface area contributed by atoms with Gasteiger partial charge in [-0.2, -0.15) is 4.31 Å². The number of anilines is 1. The van der Waals surface area contributed by atoms with E-state index in [0.717, 1.165) is 4.88 Å². The number of hydrogen-bond acceptors (Lipinski definition) is 5. The first-order valence-corrected chi connectivity index (χ1v) is 10.3. The summed E-state index contributed by atoms with van der Waals surface area (Å²) in [4.78, 5) is 13.2. The molecule has 1 amide bonds. The van der Waals surface area contributed by atoms with Crippen LogP contribution in [0.1, 0.15) is 11.8 Å². The number of thiophene rings is 1. The Balaban J connectivity index is 1.66. The van der Waals surface area contributed by atoms with Gasteiger partial charge in [-0.25, -0.2) is 8.42 Å². The maximum Gasteiger partial charge on any atom is 0.243 e. The monoisotopic (exact) mass is 380 g/mol. The average Bonchev–Trinajstić information content (AvgIpc) is 3.08. The van der Waals surface area contributed by atoms with Crippen molar-refractivity contribution in [3.63, 3.8) is 0 Å². The average molecular weight is 380 g/mol. The quantitative estimate of drug-likeness (QED) is 0.864. The van der Waals surface area contributed by atoms with Crippen LogP contribution in [-0.4, -0.2) is 44.4 Å². The Morgan fingerprint density at radius 2 is 2.08 bits per heavy atom. The van der Waals surface area contributed by atoms with Crippen molar-refractivity contribution in [2.24, 2.45) is 0 Å². The molecular weight excluding hydrogens is 360 g/mol. The SMILES string of the molecule is CC1CN(S(=O)(=O)c2ccc(NC(=O)Cc3cccs3)cc2)CCO1. The summed E-state index contributed by atoms with van der Waals surface area (Å²) in [5, 5.41) is 4.71. The van der Waals surface area contributed by atoms with Crippen molar-refractivity contribution in [1.82, 2.24) is 4.31 Å². The lowest BCUT2D eigenvalue weighted by molar-refractivity contribution is -0.115. The van der Waals surface area contributed by atoms with E-state index in [9.17, 15) is 13.2 Å². The molecule has 0 saturated carbocycles. The Morgan fingerprint density at radius 1 is 1.32 bits per heavy atom. The van der Waals surface area contributed by atoms with Crippen molar-refractivity contribution in [1.29, 1.82) is 0 Å². The number of carbonyl (C=O) groups excluding carboxylic acids is 1. The fourth-order valence-corrected chi connectivity index (χ4v) is 4.84. The van der Waals surface area contributed by atoms with Gasteiger partial charge < -0.3 is 10.1 Å². The Morgan fingerprint density at radius 3 is 2.72 bits per heavy atom. The number of morpholine rings is 1. The maximum absolute atomic E-state index is 12.7. The largest absolute Gasteiger partial charge is 0.376 e. The molecule has 0 bridgehead atoms. The minimum Gasteiger partial charge on any atom is -0.376 e. The number of sulfonamides is 1. The molecule has 0 aliphatic carbocycles. The molecular formula is C17H20N2O4S2. The van der Waals surface area contributed by atoms with Crippen LogP contribution in [-0.2, 0) is 26.0 Å². The van der Waals surface area contributed by atoms with Gasteiger partial charge in [-0.1, -0.05) is 6.07 Å². The molecule has 1 saturated heterocycles. The fraction of sp³-hybridized carbons (Fsp3) is 0.353. The first kappa shape index (κ1) is 18.1. The molecule has 0 spiro atoms. The molecule has 2 heterocycles. The lowest BCUT2D eigenvalue weighted by Gasteiger charge is -2.30. The summed E-state index contributed by atoms with van der Waals surface area (Å²) in [6.07, 6.45) is 0.197. The first-order valence-electron chi connectivity index (χ1n) is 7.99. The van der Waals surface area contributed by atoms with E-state index >= 15 is 0 Å². The Labute approximate surface area is 151 Å². The van der Waals surface area contributed by atoms with Gasteiger partial charge in [0.05, 0.1) is 24.0 Å². The van der Waals surface area contributed by atoms with Crippen molar-refractivity contribution in [3.05, 3.63) is 46.7 Å². The van der Waals surface area contributed by atoms with Crippen LogP contribution in [0.3, 0.4) is 0 Å². The highest BCUT2D eigenvalue weighted by atomic mass is 32.2. The summed E-state index contributed by atoms with van der Waals surface area (Å²) in [6, 6.07) is 10.1. The van der Waals surface area contributed by atoms with Crippen LogP contribution in [0.2, 0.25) is 0 Å². The zero-order valence-electron chi connectivity index (χ0n) is 13.8. The maximum atomic E-state index is 12.7. The van der Waals surface area contributed by atoms with Gasteiger partial charge in [-0.15, -0.1) is 11.3 Å².